The second-order valence-electron chi connectivity index (χ2n) is 10.2. The molecule has 4 aromatic rings. The number of carbonyl (C=O) groups is 1. The third-order valence-corrected chi connectivity index (χ3v) is 7.66. The molecule has 15 heteroatoms. The van der Waals surface area contributed by atoms with E-state index in [4.69, 9.17) is 30.5 Å². The van der Waals surface area contributed by atoms with Gasteiger partial charge in [-0.15, -0.1) is 0 Å². The van der Waals surface area contributed by atoms with Crippen LogP contribution < -0.4 is 29.0 Å². The van der Waals surface area contributed by atoms with Gasteiger partial charge in [0.2, 0.25) is 5.75 Å². The van der Waals surface area contributed by atoms with Crippen molar-refractivity contribution >= 4 is 39.4 Å². The van der Waals surface area contributed by atoms with Crippen LogP contribution >= 0.6 is 11.6 Å². The normalized spacial score (nSPS) is 11.4. The summed E-state index contributed by atoms with van der Waals surface area (Å²) in [7, 11) is -2.68. The second kappa shape index (κ2) is 13.7. The summed E-state index contributed by atoms with van der Waals surface area (Å²) >= 11 is 6.34. The molecule has 2 aromatic heterocycles. The zero-order valence-corrected chi connectivity index (χ0v) is 25.8. The van der Waals surface area contributed by atoms with Gasteiger partial charge in [-0.1, -0.05) is 50.6 Å². The Labute approximate surface area is 259 Å². The number of aromatic nitrogens is 3. The summed E-state index contributed by atoms with van der Waals surface area (Å²) in [6.07, 6.45) is 1.40. The molecule has 0 bridgehead atoms. The Morgan fingerprint density at radius 1 is 1.05 bits per heavy atom. The van der Waals surface area contributed by atoms with Gasteiger partial charge in [0, 0.05) is 12.1 Å². The number of methoxy groups -OCH3 is 1. The number of ether oxygens (including phenoxy) is 4. The quantitative estimate of drug-likeness (QED) is 0.125. The standard InChI is InChI=1S/C29H30ClN5O8S/c1-29(2,3)19-8-11-21(12-9-19)44(38,39)34-26-25(43-23-17-20(40-4)10-13-22(23)30)27(32-18-31-26)41-15-16-42-28(36)33-24-7-5-6-14-35(24)37/h5-14,17-18H,15-16H2,1-4H3,(H,33,36)(H,31,32,34). The molecule has 2 heterocycles. The largest absolute Gasteiger partial charge is 0.711 e. The average Bonchev–Trinajstić information content (AvgIpc) is 2.98. The highest BCUT2D eigenvalue weighted by Gasteiger charge is 2.24. The van der Waals surface area contributed by atoms with Crippen LogP contribution in [0.15, 0.2) is 78.1 Å². The smallest absolute Gasteiger partial charge is 0.505 e. The zero-order chi connectivity index (χ0) is 31.9. The van der Waals surface area contributed by atoms with E-state index in [1.165, 1.54) is 49.7 Å². The van der Waals surface area contributed by atoms with Gasteiger partial charge in [0.1, 0.15) is 31.0 Å². The van der Waals surface area contributed by atoms with Crippen molar-refractivity contribution in [1.82, 2.24) is 9.97 Å². The fourth-order valence-electron chi connectivity index (χ4n) is 3.68. The highest BCUT2D eigenvalue weighted by Crippen LogP contribution is 2.40. The van der Waals surface area contributed by atoms with Gasteiger partial charge in [-0.2, -0.15) is 15.1 Å². The minimum atomic E-state index is -4.14. The molecule has 13 nitrogen and oxygen atoms in total. The summed E-state index contributed by atoms with van der Waals surface area (Å²) in [5, 5.41) is 14.2. The molecule has 0 atom stereocenters. The Morgan fingerprint density at radius 3 is 2.48 bits per heavy atom. The molecule has 0 unspecified atom stereocenters. The van der Waals surface area contributed by atoms with Crippen LogP contribution in [0.2, 0.25) is 5.02 Å². The third kappa shape index (κ3) is 8.17. The van der Waals surface area contributed by atoms with Gasteiger partial charge in [-0.25, -0.2) is 18.1 Å². The van der Waals surface area contributed by atoms with Crippen molar-refractivity contribution < 1.29 is 36.9 Å². The first-order valence-corrected chi connectivity index (χ1v) is 15.0. The molecule has 0 saturated heterocycles. The first-order valence-electron chi connectivity index (χ1n) is 13.1. The van der Waals surface area contributed by atoms with Gasteiger partial charge in [0.15, 0.2) is 5.82 Å². The number of hydrogen-bond donors (Lipinski definition) is 2. The number of pyridine rings is 1. The van der Waals surface area contributed by atoms with E-state index in [2.05, 4.69) is 20.0 Å². The maximum atomic E-state index is 13.4. The first-order chi connectivity index (χ1) is 20.9. The van der Waals surface area contributed by atoms with Crippen LogP contribution in [-0.2, 0) is 20.2 Å². The maximum Gasteiger partial charge on any atom is 0.505 e. The van der Waals surface area contributed by atoms with Crippen LogP contribution in [0, 0.1) is 5.21 Å². The fourth-order valence-corrected chi connectivity index (χ4v) is 4.85. The lowest BCUT2D eigenvalue weighted by molar-refractivity contribution is -0.590. The molecule has 2 N–H and O–H groups in total. The van der Waals surface area contributed by atoms with E-state index >= 15 is 0 Å². The van der Waals surface area contributed by atoms with E-state index in [-0.39, 0.29) is 57.6 Å². The number of sulfonamides is 1. The lowest BCUT2D eigenvalue weighted by Crippen LogP contribution is -2.32. The number of amides is 1. The van der Waals surface area contributed by atoms with Crippen molar-refractivity contribution in [3.63, 3.8) is 0 Å². The summed E-state index contributed by atoms with van der Waals surface area (Å²) in [6, 6.07) is 15.6. The number of anilines is 2. The molecule has 1 amide bonds. The van der Waals surface area contributed by atoms with Crippen LogP contribution in [0.25, 0.3) is 0 Å². The number of benzene rings is 2. The van der Waals surface area contributed by atoms with Crippen LogP contribution in [-0.4, -0.2) is 44.8 Å². The maximum absolute atomic E-state index is 13.4. The highest BCUT2D eigenvalue weighted by molar-refractivity contribution is 7.92. The van der Waals surface area contributed by atoms with E-state index in [9.17, 15) is 18.4 Å². The van der Waals surface area contributed by atoms with Crippen LogP contribution in [0.5, 0.6) is 23.1 Å². The molecule has 0 aliphatic heterocycles. The van der Waals surface area contributed by atoms with Crippen molar-refractivity contribution in [3.05, 3.63) is 89.0 Å². The van der Waals surface area contributed by atoms with Crippen molar-refractivity contribution in [2.75, 3.05) is 30.4 Å². The predicted molar refractivity (Wildman–Crippen MR) is 162 cm³/mol. The third-order valence-electron chi connectivity index (χ3n) is 5.99. The summed E-state index contributed by atoms with van der Waals surface area (Å²) in [6.45, 7) is 5.58. The summed E-state index contributed by atoms with van der Waals surface area (Å²) in [5.74, 6) is -0.128. The molecule has 232 valence electrons. The Bertz CT molecular complexity index is 1730. The number of halogens is 1. The van der Waals surface area contributed by atoms with Gasteiger partial charge >= 0.3 is 6.09 Å². The van der Waals surface area contributed by atoms with Crippen molar-refractivity contribution in [3.8, 4) is 23.1 Å². The van der Waals surface area contributed by atoms with Crippen LogP contribution in [0.3, 0.4) is 0 Å². The minimum Gasteiger partial charge on any atom is -0.711 e. The van der Waals surface area contributed by atoms with Crippen molar-refractivity contribution in [2.45, 2.75) is 31.1 Å². The Balaban J connectivity index is 1.56. The van der Waals surface area contributed by atoms with Crippen molar-refractivity contribution in [1.29, 1.82) is 0 Å². The second-order valence-corrected chi connectivity index (χ2v) is 12.2. The molecule has 0 aliphatic carbocycles. The Kier molecular flexibility index (Phi) is 9.96. The first kappa shape index (κ1) is 32.1. The highest BCUT2D eigenvalue weighted by atomic mass is 35.5. The molecular formula is C29H30ClN5O8S. The van der Waals surface area contributed by atoms with Gasteiger partial charge in [0.05, 0.1) is 23.2 Å². The van der Waals surface area contributed by atoms with Crippen LogP contribution in [0.1, 0.15) is 26.3 Å². The zero-order valence-electron chi connectivity index (χ0n) is 24.2. The summed E-state index contributed by atoms with van der Waals surface area (Å²) < 4.78 is 51.6. The molecule has 0 spiro atoms. The number of hydrogen-bond acceptors (Lipinski definition) is 10. The van der Waals surface area contributed by atoms with E-state index < -0.39 is 16.1 Å². The number of rotatable bonds is 11. The topological polar surface area (TPSA) is 165 Å². The number of nitrogens with zero attached hydrogens (tertiary/aromatic N) is 3. The van der Waals surface area contributed by atoms with E-state index in [1.54, 1.807) is 24.3 Å². The molecule has 0 fully saturated rings. The molecule has 4 rings (SSSR count). The fraction of sp³-hybridized carbons (Fsp3) is 0.241. The van der Waals surface area contributed by atoms with Gasteiger partial charge in [-0.3, -0.25) is 4.72 Å². The van der Waals surface area contributed by atoms with Crippen molar-refractivity contribution in [2.24, 2.45) is 0 Å². The van der Waals surface area contributed by atoms with Crippen LogP contribution in [0.4, 0.5) is 16.4 Å². The van der Waals surface area contributed by atoms with Gasteiger partial charge < -0.3 is 24.2 Å². The lowest BCUT2D eigenvalue weighted by Gasteiger charge is -2.19. The minimum absolute atomic E-state index is 0.00540. The Morgan fingerprint density at radius 2 is 1.80 bits per heavy atom. The molecular weight excluding hydrogens is 614 g/mol. The number of carbonyl (C=O) groups excluding carboxylic acids is 1. The monoisotopic (exact) mass is 643 g/mol. The average molecular weight is 644 g/mol. The molecule has 44 heavy (non-hydrogen) atoms. The molecule has 2 aromatic carbocycles. The van der Waals surface area contributed by atoms with Gasteiger partial charge in [-0.05, 0) is 41.3 Å². The van der Waals surface area contributed by atoms with Gasteiger partial charge in [0.25, 0.3) is 21.7 Å². The number of nitrogens with one attached hydrogen (secondary N) is 2. The predicted octanol–water partition coefficient (Wildman–Crippen LogP) is 5.29. The van der Waals surface area contributed by atoms with E-state index in [0.29, 0.717) is 10.5 Å². The molecule has 0 radical (unpaired) electrons. The summed E-state index contributed by atoms with van der Waals surface area (Å²) in [5.41, 5.74) is 0.785. The van der Waals surface area contributed by atoms with E-state index in [1.807, 2.05) is 20.8 Å². The van der Waals surface area contributed by atoms with E-state index in [0.717, 1.165) is 11.9 Å². The molecule has 0 saturated carbocycles. The summed E-state index contributed by atoms with van der Waals surface area (Å²) in [4.78, 5) is 20.3. The molecule has 0 aliphatic rings. The Hall–Kier alpha value is -4.82. The lowest BCUT2D eigenvalue weighted by atomic mass is 9.87. The SMILES string of the molecule is COc1ccc(Cl)c(Oc2c(NS(=O)(=O)c3ccc(C(C)(C)C)cc3)ncnc2OCCOC(=O)Nc2cccc[n+]2[O-])c1.